The Morgan fingerprint density at radius 3 is 3.08 bits per heavy atom. The monoisotopic (exact) mass is 346 g/mol. The summed E-state index contributed by atoms with van der Waals surface area (Å²) >= 11 is 1.10. The van der Waals surface area contributed by atoms with Crippen molar-refractivity contribution in [1.29, 1.82) is 0 Å². The molecule has 0 spiro atoms. The van der Waals surface area contributed by atoms with E-state index in [1.54, 1.807) is 0 Å². The Bertz CT molecular complexity index is 821. The van der Waals surface area contributed by atoms with Crippen molar-refractivity contribution in [2.45, 2.75) is 39.8 Å². The summed E-state index contributed by atoms with van der Waals surface area (Å²) in [4.78, 5) is 17.1. The van der Waals surface area contributed by atoms with Crippen LogP contribution in [0.25, 0.3) is 11.5 Å². The van der Waals surface area contributed by atoms with Crippen LogP contribution in [0.4, 0.5) is 0 Å². The SMILES string of the molecule is CCCc1nnsc1C(=O)NCc1nc(-c2cccn2CC)no1. The van der Waals surface area contributed by atoms with Crippen LogP contribution in [0, 0.1) is 0 Å². The van der Waals surface area contributed by atoms with Crippen LogP contribution in [-0.4, -0.2) is 30.2 Å². The van der Waals surface area contributed by atoms with E-state index in [2.05, 4.69) is 25.0 Å². The molecule has 3 rings (SSSR count). The van der Waals surface area contributed by atoms with E-state index in [-0.39, 0.29) is 12.5 Å². The molecule has 0 fully saturated rings. The predicted octanol–water partition coefficient (Wildman–Crippen LogP) is 2.29. The van der Waals surface area contributed by atoms with Gasteiger partial charge in [0.25, 0.3) is 5.91 Å². The van der Waals surface area contributed by atoms with E-state index in [1.807, 2.05) is 36.7 Å². The third-order valence-electron chi connectivity index (χ3n) is 3.52. The zero-order valence-electron chi connectivity index (χ0n) is 13.5. The molecule has 3 aromatic rings. The lowest BCUT2D eigenvalue weighted by Gasteiger charge is -2.01. The molecule has 0 unspecified atom stereocenters. The first-order valence-electron chi connectivity index (χ1n) is 7.80. The number of carbonyl (C=O) groups excluding carboxylic acids is 1. The van der Waals surface area contributed by atoms with Gasteiger partial charge < -0.3 is 14.4 Å². The lowest BCUT2D eigenvalue weighted by molar-refractivity contribution is 0.0949. The van der Waals surface area contributed by atoms with Crippen LogP contribution in [0.1, 0.15) is 41.5 Å². The first-order valence-corrected chi connectivity index (χ1v) is 8.57. The summed E-state index contributed by atoms with van der Waals surface area (Å²) in [5.74, 6) is 0.652. The van der Waals surface area contributed by atoms with Crippen molar-refractivity contribution in [3.63, 3.8) is 0 Å². The number of hydrogen-bond donors (Lipinski definition) is 1. The van der Waals surface area contributed by atoms with E-state index in [0.717, 1.165) is 42.3 Å². The molecule has 9 heteroatoms. The molecule has 0 aliphatic rings. The summed E-state index contributed by atoms with van der Waals surface area (Å²) < 4.78 is 11.1. The highest BCUT2D eigenvalue weighted by atomic mass is 32.1. The molecule has 0 saturated carbocycles. The lowest BCUT2D eigenvalue weighted by Crippen LogP contribution is -2.23. The molecule has 3 aromatic heterocycles. The highest BCUT2D eigenvalue weighted by molar-refractivity contribution is 7.08. The maximum atomic E-state index is 12.2. The van der Waals surface area contributed by atoms with Crippen molar-refractivity contribution in [2.24, 2.45) is 0 Å². The topological polar surface area (TPSA) is 98.7 Å². The highest BCUT2D eigenvalue weighted by Gasteiger charge is 2.17. The van der Waals surface area contributed by atoms with Crippen molar-refractivity contribution in [2.75, 3.05) is 0 Å². The average molecular weight is 346 g/mol. The molecule has 0 aromatic carbocycles. The van der Waals surface area contributed by atoms with Gasteiger partial charge in [-0.2, -0.15) is 4.98 Å². The van der Waals surface area contributed by atoms with Crippen molar-refractivity contribution in [3.05, 3.63) is 34.8 Å². The maximum absolute atomic E-state index is 12.2. The molecule has 0 radical (unpaired) electrons. The minimum Gasteiger partial charge on any atom is -0.345 e. The summed E-state index contributed by atoms with van der Waals surface area (Å²) in [6.07, 6.45) is 3.60. The standard InChI is InChI=1S/C15H18N6O2S/c1-3-6-10-13(24-20-18-10)15(22)16-9-12-17-14(19-23-12)11-7-5-8-21(11)4-2/h5,7-8H,3-4,6,9H2,1-2H3,(H,16,22). The number of nitrogens with one attached hydrogen (secondary N) is 1. The fourth-order valence-electron chi connectivity index (χ4n) is 2.34. The van der Waals surface area contributed by atoms with Crippen LogP contribution in [0.5, 0.6) is 0 Å². The number of nitrogens with zero attached hydrogens (tertiary/aromatic N) is 5. The second-order valence-corrected chi connectivity index (χ2v) is 5.93. The Kier molecular flexibility index (Phi) is 4.99. The number of hydrogen-bond acceptors (Lipinski definition) is 7. The minimum atomic E-state index is -0.217. The van der Waals surface area contributed by atoms with Gasteiger partial charge in [0.15, 0.2) is 0 Å². The van der Waals surface area contributed by atoms with Gasteiger partial charge in [-0.05, 0) is 37.0 Å². The van der Waals surface area contributed by atoms with Gasteiger partial charge in [-0.25, -0.2) is 0 Å². The van der Waals surface area contributed by atoms with Crippen molar-refractivity contribution < 1.29 is 9.32 Å². The van der Waals surface area contributed by atoms with Crippen LogP contribution in [0.2, 0.25) is 0 Å². The lowest BCUT2D eigenvalue weighted by atomic mass is 10.2. The van der Waals surface area contributed by atoms with Crippen LogP contribution in [0.3, 0.4) is 0 Å². The summed E-state index contributed by atoms with van der Waals surface area (Å²) in [5, 5.41) is 10.7. The normalized spacial score (nSPS) is 10.9. The second kappa shape index (κ2) is 7.35. The summed E-state index contributed by atoms with van der Waals surface area (Å²) in [7, 11) is 0. The first-order chi connectivity index (χ1) is 11.7. The molecule has 0 atom stereocenters. The van der Waals surface area contributed by atoms with Gasteiger partial charge >= 0.3 is 0 Å². The number of rotatable bonds is 7. The fourth-order valence-corrected chi connectivity index (χ4v) is 2.97. The molecule has 126 valence electrons. The van der Waals surface area contributed by atoms with Gasteiger partial charge in [-0.1, -0.05) is 23.0 Å². The Balaban J connectivity index is 1.65. The van der Waals surface area contributed by atoms with Crippen LogP contribution in [-0.2, 0) is 19.5 Å². The molecule has 24 heavy (non-hydrogen) atoms. The second-order valence-electron chi connectivity index (χ2n) is 5.17. The Morgan fingerprint density at radius 2 is 2.29 bits per heavy atom. The zero-order chi connectivity index (χ0) is 16.9. The Hall–Kier alpha value is -2.55. The number of aryl methyl sites for hydroxylation is 2. The summed E-state index contributed by atoms with van der Waals surface area (Å²) in [5.41, 5.74) is 1.61. The van der Waals surface area contributed by atoms with Crippen molar-refractivity contribution >= 4 is 17.4 Å². The zero-order valence-corrected chi connectivity index (χ0v) is 14.3. The van der Waals surface area contributed by atoms with E-state index < -0.39 is 0 Å². The molecule has 0 saturated heterocycles. The van der Waals surface area contributed by atoms with Crippen LogP contribution in [0.15, 0.2) is 22.9 Å². The van der Waals surface area contributed by atoms with Gasteiger partial charge in [-0.15, -0.1) is 5.10 Å². The maximum Gasteiger partial charge on any atom is 0.265 e. The molecular formula is C15H18N6O2S. The Labute approximate surface area is 143 Å². The number of amides is 1. The molecule has 1 N–H and O–H groups in total. The molecule has 3 heterocycles. The van der Waals surface area contributed by atoms with E-state index in [4.69, 9.17) is 4.52 Å². The minimum absolute atomic E-state index is 0.169. The largest absolute Gasteiger partial charge is 0.345 e. The van der Waals surface area contributed by atoms with E-state index in [9.17, 15) is 4.79 Å². The quantitative estimate of drug-likeness (QED) is 0.705. The highest BCUT2D eigenvalue weighted by Crippen LogP contribution is 2.17. The molecule has 0 bridgehead atoms. The van der Waals surface area contributed by atoms with E-state index in [0.29, 0.717) is 16.6 Å². The van der Waals surface area contributed by atoms with Crippen molar-refractivity contribution in [1.82, 2.24) is 29.6 Å². The van der Waals surface area contributed by atoms with Crippen LogP contribution >= 0.6 is 11.5 Å². The van der Waals surface area contributed by atoms with Gasteiger partial charge in [0, 0.05) is 12.7 Å². The summed E-state index contributed by atoms with van der Waals surface area (Å²) in [6.45, 7) is 5.07. The van der Waals surface area contributed by atoms with Gasteiger partial charge in [0.05, 0.1) is 17.9 Å². The van der Waals surface area contributed by atoms with Gasteiger partial charge in [-0.3, -0.25) is 4.79 Å². The van der Waals surface area contributed by atoms with Crippen molar-refractivity contribution in [3.8, 4) is 11.5 Å². The molecule has 0 aliphatic heterocycles. The first kappa shape index (κ1) is 16.3. The third-order valence-corrected chi connectivity index (χ3v) is 4.28. The van der Waals surface area contributed by atoms with Crippen LogP contribution < -0.4 is 5.32 Å². The van der Waals surface area contributed by atoms with Gasteiger partial charge in [0.1, 0.15) is 4.88 Å². The molecule has 1 amide bonds. The fraction of sp³-hybridized carbons (Fsp3) is 0.400. The molecule has 0 aliphatic carbocycles. The van der Waals surface area contributed by atoms with E-state index in [1.165, 1.54) is 0 Å². The molecule has 8 nitrogen and oxygen atoms in total. The number of carbonyl (C=O) groups is 1. The smallest absolute Gasteiger partial charge is 0.265 e. The number of aromatic nitrogens is 5. The molecular weight excluding hydrogens is 328 g/mol. The van der Waals surface area contributed by atoms with E-state index >= 15 is 0 Å². The summed E-state index contributed by atoms with van der Waals surface area (Å²) in [6, 6.07) is 3.86. The third kappa shape index (κ3) is 3.35. The average Bonchev–Trinajstić information content (AvgIpc) is 3.32. The predicted molar refractivity (Wildman–Crippen MR) is 88.5 cm³/mol. The Morgan fingerprint density at radius 1 is 1.42 bits per heavy atom. The van der Waals surface area contributed by atoms with Gasteiger partial charge in [0.2, 0.25) is 11.7 Å².